The Labute approximate surface area is 181 Å². The Morgan fingerprint density at radius 3 is 2.32 bits per heavy atom. The van der Waals surface area contributed by atoms with Crippen LogP contribution in [0.4, 0.5) is 5.69 Å². The van der Waals surface area contributed by atoms with Crippen molar-refractivity contribution in [1.82, 2.24) is 9.47 Å². The molecular formula is C24H26N4O3. The molecule has 160 valence electrons. The second-order valence-electron chi connectivity index (χ2n) is 7.68. The van der Waals surface area contributed by atoms with Crippen LogP contribution in [0.3, 0.4) is 0 Å². The van der Waals surface area contributed by atoms with Crippen LogP contribution < -0.4 is 10.6 Å². The minimum atomic E-state index is -0.744. The lowest BCUT2D eigenvalue weighted by molar-refractivity contribution is 0.0746. The summed E-state index contributed by atoms with van der Waals surface area (Å²) in [6.07, 6.45) is 1.01. The maximum Gasteiger partial charge on any atom is 0.256 e. The van der Waals surface area contributed by atoms with E-state index in [1.807, 2.05) is 47.4 Å². The lowest BCUT2D eigenvalue weighted by atomic mass is 10.1. The Bertz CT molecular complexity index is 1080. The molecule has 1 aliphatic heterocycles. The highest BCUT2D eigenvalue weighted by molar-refractivity contribution is 6.00. The number of anilines is 1. The van der Waals surface area contributed by atoms with Crippen molar-refractivity contribution in [3.05, 3.63) is 78.0 Å². The van der Waals surface area contributed by atoms with Crippen LogP contribution in [0, 0.1) is 0 Å². The fourth-order valence-corrected chi connectivity index (χ4v) is 4.03. The van der Waals surface area contributed by atoms with E-state index in [4.69, 9.17) is 5.73 Å². The number of carbonyl (C=O) groups is 2. The van der Waals surface area contributed by atoms with E-state index in [2.05, 4.69) is 4.90 Å². The normalized spacial score (nSPS) is 15.0. The number of hydrogen-bond acceptors (Lipinski definition) is 4. The summed E-state index contributed by atoms with van der Waals surface area (Å²) in [4.78, 5) is 28.8. The molecule has 4 rings (SSSR count). The van der Waals surface area contributed by atoms with Gasteiger partial charge in [0.15, 0.2) is 0 Å². The second kappa shape index (κ2) is 8.65. The van der Waals surface area contributed by atoms with Crippen molar-refractivity contribution in [1.29, 1.82) is 0 Å². The number of piperazine rings is 1. The number of rotatable bonds is 5. The van der Waals surface area contributed by atoms with Gasteiger partial charge in [-0.1, -0.05) is 36.4 Å². The molecule has 2 amide bonds. The molecule has 1 atom stereocenters. The first kappa shape index (κ1) is 20.7. The molecule has 3 N–H and O–H groups in total. The van der Waals surface area contributed by atoms with E-state index < -0.39 is 12.1 Å². The molecule has 0 bridgehead atoms. The summed E-state index contributed by atoms with van der Waals surface area (Å²) < 4.78 is 1.72. The van der Waals surface area contributed by atoms with Crippen LogP contribution in [0.25, 0.3) is 11.3 Å². The molecular weight excluding hydrogens is 392 g/mol. The van der Waals surface area contributed by atoms with Gasteiger partial charge in [0, 0.05) is 43.6 Å². The van der Waals surface area contributed by atoms with E-state index in [0.717, 1.165) is 16.9 Å². The van der Waals surface area contributed by atoms with Gasteiger partial charge >= 0.3 is 0 Å². The first-order valence-electron chi connectivity index (χ1n) is 10.3. The second-order valence-corrected chi connectivity index (χ2v) is 7.68. The quantitative estimate of drug-likeness (QED) is 0.666. The molecule has 1 aromatic heterocycles. The van der Waals surface area contributed by atoms with Gasteiger partial charge in [0.1, 0.15) is 6.23 Å². The van der Waals surface area contributed by atoms with Crippen LogP contribution >= 0.6 is 0 Å². The molecule has 1 unspecified atom stereocenters. The maximum absolute atomic E-state index is 13.4. The predicted octanol–water partition coefficient (Wildman–Crippen LogP) is 2.73. The van der Waals surface area contributed by atoms with Crippen LogP contribution in [-0.4, -0.2) is 52.6 Å². The number of aliphatic hydroxyl groups excluding tert-OH is 1. The molecule has 0 saturated carbocycles. The van der Waals surface area contributed by atoms with Gasteiger partial charge in [-0.3, -0.25) is 9.59 Å². The average Bonchev–Trinajstić information content (AvgIpc) is 3.25. The fraction of sp³-hybridized carbons (Fsp3) is 0.250. The topological polar surface area (TPSA) is 91.8 Å². The smallest absolute Gasteiger partial charge is 0.256 e. The third-order valence-electron chi connectivity index (χ3n) is 5.66. The number of carbonyl (C=O) groups excluding carboxylic acids is 2. The van der Waals surface area contributed by atoms with Crippen LogP contribution in [0.15, 0.2) is 66.9 Å². The SMILES string of the molecule is CC(O)n1ccc(C(=O)N2CCN(c3cccc(C(N)=O)c3)CC2)c1-c1ccccc1. The monoisotopic (exact) mass is 418 g/mol. The van der Waals surface area contributed by atoms with Crippen LogP contribution in [0.1, 0.15) is 33.9 Å². The van der Waals surface area contributed by atoms with E-state index >= 15 is 0 Å². The van der Waals surface area contributed by atoms with Crippen molar-refractivity contribution in [3.63, 3.8) is 0 Å². The molecule has 0 radical (unpaired) electrons. The number of nitrogens with two attached hydrogens (primary N) is 1. The summed E-state index contributed by atoms with van der Waals surface area (Å²) in [5, 5.41) is 10.2. The molecule has 1 saturated heterocycles. The molecule has 2 aromatic carbocycles. The molecule has 7 heteroatoms. The van der Waals surface area contributed by atoms with Crippen molar-refractivity contribution in [2.24, 2.45) is 5.73 Å². The van der Waals surface area contributed by atoms with Gasteiger partial charge in [-0.15, -0.1) is 0 Å². The highest BCUT2D eigenvalue weighted by atomic mass is 16.3. The average molecular weight is 418 g/mol. The largest absolute Gasteiger partial charge is 0.374 e. The number of aliphatic hydroxyl groups is 1. The van der Waals surface area contributed by atoms with E-state index in [9.17, 15) is 14.7 Å². The van der Waals surface area contributed by atoms with E-state index in [1.165, 1.54) is 0 Å². The first-order valence-corrected chi connectivity index (χ1v) is 10.3. The van der Waals surface area contributed by atoms with Crippen LogP contribution in [0.2, 0.25) is 0 Å². The van der Waals surface area contributed by atoms with Crippen molar-refractivity contribution >= 4 is 17.5 Å². The van der Waals surface area contributed by atoms with Gasteiger partial charge in [0.25, 0.3) is 5.91 Å². The Kier molecular flexibility index (Phi) is 5.77. The molecule has 3 aromatic rings. The summed E-state index contributed by atoms with van der Waals surface area (Å²) in [6, 6.07) is 18.7. The first-order chi connectivity index (χ1) is 15.0. The number of amides is 2. The van der Waals surface area contributed by atoms with Gasteiger partial charge in [-0.05, 0) is 36.8 Å². The Morgan fingerprint density at radius 2 is 1.68 bits per heavy atom. The maximum atomic E-state index is 13.4. The van der Waals surface area contributed by atoms with E-state index in [-0.39, 0.29) is 5.91 Å². The summed E-state index contributed by atoms with van der Waals surface area (Å²) in [7, 11) is 0. The van der Waals surface area contributed by atoms with Gasteiger partial charge in [-0.25, -0.2) is 0 Å². The number of aromatic nitrogens is 1. The molecule has 31 heavy (non-hydrogen) atoms. The Hall–Kier alpha value is -3.58. The molecule has 7 nitrogen and oxygen atoms in total. The molecule has 1 fully saturated rings. The number of benzene rings is 2. The number of nitrogens with zero attached hydrogens (tertiary/aromatic N) is 3. The minimum absolute atomic E-state index is 0.0520. The third kappa shape index (κ3) is 4.18. The van der Waals surface area contributed by atoms with E-state index in [1.54, 1.807) is 35.9 Å². The lowest BCUT2D eigenvalue weighted by Crippen LogP contribution is -2.48. The van der Waals surface area contributed by atoms with Gasteiger partial charge in [-0.2, -0.15) is 0 Å². The van der Waals surface area contributed by atoms with Crippen molar-refractivity contribution in [3.8, 4) is 11.3 Å². The van der Waals surface area contributed by atoms with Gasteiger partial charge in [0.2, 0.25) is 5.91 Å². The molecule has 0 aliphatic carbocycles. The van der Waals surface area contributed by atoms with Crippen molar-refractivity contribution < 1.29 is 14.7 Å². The zero-order valence-corrected chi connectivity index (χ0v) is 17.4. The zero-order valence-electron chi connectivity index (χ0n) is 17.4. The van der Waals surface area contributed by atoms with Gasteiger partial charge in [0.05, 0.1) is 11.3 Å². The fourth-order valence-electron chi connectivity index (χ4n) is 4.03. The highest BCUT2D eigenvalue weighted by Crippen LogP contribution is 2.29. The number of primary amides is 1. The molecule has 2 heterocycles. The summed E-state index contributed by atoms with van der Waals surface area (Å²) in [5.74, 6) is -0.504. The van der Waals surface area contributed by atoms with Crippen LogP contribution in [-0.2, 0) is 0 Å². The summed E-state index contributed by atoms with van der Waals surface area (Å²) in [5.41, 5.74) is 8.98. The molecule has 0 spiro atoms. The van der Waals surface area contributed by atoms with Crippen LogP contribution in [0.5, 0.6) is 0 Å². The minimum Gasteiger partial charge on any atom is -0.374 e. The Balaban J connectivity index is 1.53. The lowest BCUT2D eigenvalue weighted by Gasteiger charge is -2.36. The zero-order chi connectivity index (χ0) is 22.0. The summed E-state index contributed by atoms with van der Waals surface area (Å²) >= 11 is 0. The van der Waals surface area contributed by atoms with Gasteiger partial charge < -0.3 is 25.2 Å². The highest BCUT2D eigenvalue weighted by Gasteiger charge is 2.27. The van der Waals surface area contributed by atoms with Crippen molar-refractivity contribution in [2.45, 2.75) is 13.2 Å². The third-order valence-corrected chi connectivity index (χ3v) is 5.66. The summed E-state index contributed by atoms with van der Waals surface area (Å²) in [6.45, 7) is 4.12. The number of hydrogen-bond donors (Lipinski definition) is 2. The standard InChI is InChI=1S/C24H26N4O3/c1-17(29)28-11-10-21(22(28)18-6-3-2-4-7-18)24(31)27-14-12-26(13-15-27)20-9-5-8-19(16-20)23(25)30/h2-11,16-17,29H,12-15H2,1H3,(H2,25,30). The van der Waals surface area contributed by atoms with E-state index in [0.29, 0.717) is 37.3 Å². The molecule has 1 aliphatic rings. The predicted molar refractivity (Wildman–Crippen MR) is 120 cm³/mol. The Morgan fingerprint density at radius 1 is 0.968 bits per heavy atom. The van der Waals surface area contributed by atoms with Crippen molar-refractivity contribution in [2.75, 3.05) is 31.1 Å².